The number of nitrogens with one attached hydrogen (secondary N) is 1. The van der Waals surface area contributed by atoms with E-state index in [1.807, 2.05) is 60.2 Å². The number of hydrogen-bond acceptors (Lipinski definition) is 5. The Bertz CT molecular complexity index is 1420. The third-order valence-corrected chi connectivity index (χ3v) is 6.47. The smallest absolute Gasteiger partial charge is 0.241 e. The molecule has 0 bridgehead atoms. The minimum Gasteiger partial charge on any atom is -0.455 e. The fraction of sp³-hybridized carbons (Fsp3) is 0.154. The molecule has 0 aliphatic carbocycles. The van der Waals surface area contributed by atoms with Gasteiger partial charge < -0.3 is 14.6 Å². The highest BCUT2D eigenvalue weighted by Crippen LogP contribution is 2.33. The van der Waals surface area contributed by atoms with Gasteiger partial charge in [0.15, 0.2) is 5.75 Å². The largest absolute Gasteiger partial charge is 0.455 e. The third kappa shape index (κ3) is 5.88. The van der Waals surface area contributed by atoms with Crippen LogP contribution in [0.3, 0.4) is 0 Å². The number of aryl methyl sites for hydroxylation is 1. The maximum Gasteiger partial charge on any atom is 0.241 e. The van der Waals surface area contributed by atoms with E-state index in [2.05, 4.69) is 10.3 Å². The van der Waals surface area contributed by atoms with Gasteiger partial charge in [0.05, 0.1) is 17.6 Å². The quantitative estimate of drug-likeness (QED) is 0.382. The van der Waals surface area contributed by atoms with E-state index < -0.39 is 15.9 Å². The molecule has 0 saturated heterocycles. The first kappa shape index (κ1) is 24.0. The van der Waals surface area contributed by atoms with Crippen LogP contribution in [0.1, 0.15) is 11.4 Å². The summed E-state index contributed by atoms with van der Waals surface area (Å²) in [4.78, 5) is 17.2. The number of carbonyl (C=O) groups excluding carboxylic acids is 1. The number of ether oxygens (including phenoxy) is 1. The molecule has 3 aromatic carbocycles. The predicted octanol–water partition coefficient (Wildman–Crippen LogP) is 4.06. The lowest BCUT2D eigenvalue weighted by Crippen LogP contribution is -2.40. The summed E-state index contributed by atoms with van der Waals surface area (Å²) in [5.41, 5.74) is 2.05. The second kappa shape index (κ2) is 10.4. The number of para-hydroxylation sites is 4. The van der Waals surface area contributed by atoms with E-state index in [1.165, 1.54) is 0 Å². The van der Waals surface area contributed by atoms with Crippen LogP contribution in [0.2, 0.25) is 0 Å². The van der Waals surface area contributed by atoms with E-state index >= 15 is 0 Å². The van der Waals surface area contributed by atoms with Gasteiger partial charge >= 0.3 is 0 Å². The molecule has 0 aliphatic rings. The monoisotopic (exact) mass is 490 g/mol. The third-order valence-electron chi connectivity index (χ3n) is 5.35. The lowest BCUT2D eigenvalue weighted by atomic mass is 10.1. The Morgan fingerprint density at radius 1 is 1.00 bits per heavy atom. The average molecular weight is 491 g/mol. The Kier molecular flexibility index (Phi) is 7.17. The van der Waals surface area contributed by atoms with Gasteiger partial charge in [-0.2, -0.15) is 0 Å². The number of carbonyl (C=O) groups is 1. The van der Waals surface area contributed by atoms with Crippen molar-refractivity contribution in [2.75, 3.05) is 17.1 Å². The normalized spacial score (nSPS) is 11.1. The van der Waals surface area contributed by atoms with Gasteiger partial charge in [-0.05, 0) is 42.8 Å². The van der Waals surface area contributed by atoms with Crippen LogP contribution in [0.5, 0.6) is 11.5 Å². The number of anilines is 1. The van der Waals surface area contributed by atoms with Crippen LogP contribution in [0.15, 0.2) is 91.3 Å². The molecule has 0 radical (unpaired) electrons. The number of sulfonamides is 1. The van der Waals surface area contributed by atoms with Gasteiger partial charge in [-0.25, -0.2) is 13.4 Å². The van der Waals surface area contributed by atoms with Crippen molar-refractivity contribution >= 4 is 21.6 Å². The van der Waals surface area contributed by atoms with Crippen LogP contribution >= 0.6 is 0 Å². The van der Waals surface area contributed by atoms with Crippen molar-refractivity contribution in [2.24, 2.45) is 0 Å². The van der Waals surface area contributed by atoms with Gasteiger partial charge in [0.25, 0.3) is 0 Å². The van der Waals surface area contributed by atoms with Gasteiger partial charge in [-0.3, -0.25) is 9.10 Å². The van der Waals surface area contributed by atoms with E-state index in [0.717, 1.165) is 27.6 Å². The molecule has 0 saturated carbocycles. The molecule has 0 spiro atoms. The fourth-order valence-corrected chi connectivity index (χ4v) is 4.51. The molecular weight excluding hydrogens is 464 g/mol. The Labute approximate surface area is 204 Å². The van der Waals surface area contributed by atoms with E-state index in [1.54, 1.807) is 42.6 Å². The summed E-state index contributed by atoms with van der Waals surface area (Å²) in [6, 6.07) is 23.4. The zero-order valence-corrected chi connectivity index (χ0v) is 20.3. The molecule has 4 rings (SSSR count). The van der Waals surface area contributed by atoms with Gasteiger partial charge in [-0.15, -0.1) is 0 Å². The van der Waals surface area contributed by atoms with Gasteiger partial charge in [-0.1, -0.05) is 48.5 Å². The molecule has 1 aromatic heterocycles. The molecule has 1 N–H and O–H groups in total. The van der Waals surface area contributed by atoms with E-state index in [0.29, 0.717) is 11.5 Å². The zero-order chi connectivity index (χ0) is 24.8. The van der Waals surface area contributed by atoms with E-state index in [9.17, 15) is 13.2 Å². The summed E-state index contributed by atoms with van der Waals surface area (Å²) in [5, 5.41) is 2.84. The van der Waals surface area contributed by atoms with Gasteiger partial charge in [0, 0.05) is 18.9 Å². The number of hydrogen-bond donors (Lipinski definition) is 1. The van der Waals surface area contributed by atoms with Crippen LogP contribution in [-0.2, 0) is 21.4 Å². The molecule has 180 valence electrons. The van der Waals surface area contributed by atoms with Gasteiger partial charge in [0.1, 0.15) is 18.1 Å². The summed E-state index contributed by atoms with van der Waals surface area (Å²) in [5.74, 6) is 1.27. The topological polar surface area (TPSA) is 93.5 Å². The highest BCUT2D eigenvalue weighted by molar-refractivity contribution is 7.92. The molecule has 0 aliphatic heterocycles. The highest BCUT2D eigenvalue weighted by atomic mass is 32.2. The maximum absolute atomic E-state index is 12.9. The minimum absolute atomic E-state index is 0.229. The Morgan fingerprint density at radius 2 is 1.69 bits per heavy atom. The first-order chi connectivity index (χ1) is 16.8. The van der Waals surface area contributed by atoms with Crippen molar-refractivity contribution in [3.05, 3.63) is 103 Å². The standard InChI is InChI=1S/C26H26N4O4S/c1-20-27-16-17-29(20)23-13-7-6-10-21(23)18-28-26(31)19-30(35(2,32)33)24-14-8-9-15-25(24)34-22-11-4-3-5-12-22/h3-17H,18-19H2,1-2H3,(H,28,31). The molecule has 0 fully saturated rings. The highest BCUT2D eigenvalue weighted by Gasteiger charge is 2.24. The molecule has 35 heavy (non-hydrogen) atoms. The SMILES string of the molecule is Cc1nccn1-c1ccccc1CNC(=O)CN(c1ccccc1Oc1ccccc1)S(C)(=O)=O. The number of nitrogens with zero attached hydrogens (tertiary/aromatic N) is 3. The molecule has 4 aromatic rings. The summed E-state index contributed by atoms with van der Waals surface area (Å²) >= 11 is 0. The lowest BCUT2D eigenvalue weighted by molar-refractivity contribution is -0.119. The molecule has 0 atom stereocenters. The Morgan fingerprint density at radius 3 is 2.40 bits per heavy atom. The van der Waals surface area contributed by atoms with Gasteiger partial charge in [0.2, 0.25) is 15.9 Å². The zero-order valence-electron chi connectivity index (χ0n) is 19.5. The second-order valence-electron chi connectivity index (χ2n) is 7.90. The fourth-order valence-electron chi connectivity index (χ4n) is 3.65. The molecular formula is C26H26N4O4S. The van der Waals surface area contributed by atoms with Crippen molar-refractivity contribution in [3.63, 3.8) is 0 Å². The summed E-state index contributed by atoms with van der Waals surface area (Å²) in [7, 11) is -3.78. The number of imidazole rings is 1. The number of rotatable bonds is 9. The molecule has 1 amide bonds. The van der Waals surface area contributed by atoms with Crippen LogP contribution < -0.4 is 14.4 Å². The van der Waals surface area contributed by atoms with Crippen molar-refractivity contribution in [1.82, 2.24) is 14.9 Å². The number of aromatic nitrogens is 2. The predicted molar refractivity (Wildman–Crippen MR) is 135 cm³/mol. The van der Waals surface area contributed by atoms with Crippen molar-refractivity contribution < 1.29 is 17.9 Å². The molecule has 8 nitrogen and oxygen atoms in total. The molecule has 0 unspecified atom stereocenters. The lowest BCUT2D eigenvalue weighted by Gasteiger charge is -2.24. The van der Waals surface area contributed by atoms with Crippen molar-refractivity contribution in [2.45, 2.75) is 13.5 Å². The Balaban J connectivity index is 1.53. The van der Waals surface area contributed by atoms with E-state index in [-0.39, 0.29) is 18.8 Å². The summed E-state index contributed by atoms with van der Waals surface area (Å²) in [6.45, 7) is 1.74. The Hall–Kier alpha value is -4.11. The first-order valence-corrected chi connectivity index (χ1v) is 12.8. The minimum atomic E-state index is -3.78. The molecule has 9 heteroatoms. The van der Waals surface area contributed by atoms with Crippen LogP contribution in [0.4, 0.5) is 5.69 Å². The average Bonchev–Trinajstić information content (AvgIpc) is 3.27. The van der Waals surface area contributed by atoms with Crippen molar-refractivity contribution in [1.29, 1.82) is 0 Å². The van der Waals surface area contributed by atoms with Crippen LogP contribution in [0.25, 0.3) is 5.69 Å². The first-order valence-electron chi connectivity index (χ1n) is 11.0. The summed E-state index contributed by atoms with van der Waals surface area (Å²) < 4.78 is 34.2. The maximum atomic E-state index is 12.9. The van der Waals surface area contributed by atoms with E-state index in [4.69, 9.17) is 4.74 Å². The second-order valence-corrected chi connectivity index (χ2v) is 9.81. The van der Waals surface area contributed by atoms with Crippen LogP contribution in [0, 0.1) is 6.92 Å². The molecule has 1 heterocycles. The number of amides is 1. The number of benzene rings is 3. The van der Waals surface area contributed by atoms with Crippen LogP contribution in [-0.4, -0.2) is 36.7 Å². The summed E-state index contributed by atoms with van der Waals surface area (Å²) in [6.07, 6.45) is 4.63. The van der Waals surface area contributed by atoms with Crippen molar-refractivity contribution in [3.8, 4) is 17.2 Å².